The maximum Gasteiger partial charge on any atom is 0.233 e. The van der Waals surface area contributed by atoms with E-state index in [1.807, 2.05) is 12.1 Å². The Bertz CT molecular complexity index is 814. The number of pyridine rings is 1. The fraction of sp³-hybridized carbons (Fsp3) is 0.389. The quantitative estimate of drug-likeness (QED) is 0.807. The first kappa shape index (κ1) is 18.5. The van der Waals surface area contributed by atoms with Gasteiger partial charge in [0.1, 0.15) is 5.82 Å². The summed E-state index contributed by atoms with van der Waals surface area (Å²) in [6.07, 6.45) is 1.61. The third-order valence-electron chi connectivity index (χ3n) is 4.43. The summed E-state index contributed by atoms with van der Waals surface area (Å²) in [6.45, 7) is 5.84. The standard InChI is InChI=1S/C18H25N5O2S/c1-3-26(24,25)21-18-9-6-16(14-19-18)20-15-4-7-17(8-5-15)23-12-10-22(2)11-13-23/h4-9,14,20H,3,10-13H2,1-2H3,(H,19,21). The third-order valence-corrected chi connectivity index (χ3v) is 5.71. The average Bonchev–Trinajstić information content (AvgIpc) is 2.65. The Labute approximate surface area is 155 Å². The van der Waals surface area contributed by atoms with E-state index >= 15 is 0 Å². The smallest absolute Gasteiger partial charge is 0.233 e. The second-order valence-corrected chi connectivity index (χ2v) is 8.41. The van der Waals surface area contributed by atoms with Crippen molar-refractivity contribution in [3.63, 3.8) is 0 Å². The van der Waals surface area contributed by atoms with Gasteiger partial charge >= 0.3 is 0 Å². The molecule has 7 nitrogen and oxygen atoms in total. The molecule has 1 aromatic carbocycles. The molecule has 0 atom stereocenters. The highest BCUT2D eigenvalue weighted by Crippen LogP contribution is 2.22. The molecule has 2 heterocycles. The lowest BCUT2D eigenvalue weighted by atomic mass is 10.2. The van der Waals surface area contributed by atoms with Crippen LogP contribution in [0.5, 0.6) is 0 Å². The summed E-state index contributed by atoms with van der Waals surface area (Å²) in [6, 6.07) is 11.8. The fourth-order valence-corrected chi connectivity index (χ4v) is 3.33. The molecule has 3 rings (SSSR count). The summed E-state index contributed by atoms with van der Waals surface area (Å²) < 4.78 is 25.5. The number of anilines is 4. The zero-order valence-electron chi connectivity index (χ0n) is 15.1. The molecule has 0 unspecified atom stereocenters. The van der Waals surface area contributed by atoms with Crippen molar-refractivity contribution in [3.05, 3.63) is 42.6 Å². The van der Waals surface area contributed by atoms with Crippen LogP contribution in [0.15, 0.2) is 42.6 Å². The van der Waals surface area contributed by atoms with Crippen molar-refractivity contribution in [2.24, 2.45) is 0 Å². The van der Waals surface area contributed by atoms with Gasteiger partial charge in [-0.1, -0.05) is 0 Å². The topological polar surface area (TPSA) is 77.6 Å². The molecule has 26 heavy (non-hydrogen) atoms. The molecule has 1 saturated heterocycles. The van der Waals surface area contributed by atoms with E-state index in [0.717, 1.165) is 37.6 Å². The number of nitrogens with one attached hydrogen (secondary N) is 2. The van der Waals surface area contributed by atoms with Gasteiger partial charge in [0, 0.05) is 37.6 Å². The number of hydrogen-bond donors (Lipinski definition) is 2. The Hall–Kier alpha value is -2.32. The molecule has 0 spiro atoms. The van der Waals surface area contributed by atoms with Gasteiger partial charge in [-0.25, -0.2) is 13.4 Å². The van der Waals surface area contributed by atoms with E-state index in [1.165, 1.54) is 5.69 Å². The number of benzene rings is 1. The molecule has 0 radical (unpaired) electrons. The summed E-state index contributed by atoms with van der Waals surface area (Å²) in [5, 5.41) is 3.28. The number of piperazine rings is 1. The molecule has 0 saturated carbocycles. The zero-order chi connectivity index (χ0) is 18.6. The van der Waals surface area contributed by atoms with Crippen molar-refractivity contribution in [1.82, 2.24) is 9.88 Å². The molecular weight excluding hydrogens is 350 g/mol. The molecule has 2 N–H and O–H groups in total. The highest BCUT2D eigenvalue weighted by atomic mass is 32.2. The predicted octanol–water partition coefficient (Wildman–Crippen LogP) is 2.34. The number of aromatic nitrogens is 1. The van der Waals surface area contributed by atoms with E-state index < -0.39 is 10.0 Å². The number of nitrogens with zero attached hydrogens (tertiary/aromatic N) is 3. The maximum atomic E-state index is 11.6. The van der Waals surface area contributed by atoms with Crippen LogP contribution in [0.1, 0.15) is 6.92 Å². The van der Waals surface area contributed by atoms with Crippen LogP contribution in [0.3, 0.4) is 0 Å². The maximum absolute atomic E-state index is 11.6. The zero-order valence-corrected chi connectivity index (χ0v) is 16.0. The van der Waals surface area contributed by atoms with Gasteiger partial charge in [-0.2, -0.15) is 0 Å². The summed E-state index contributed by atoms with van der Waals surface area (Å²) in [5.74, 6) is 0.344. The normalized spacial score (nSPS) is 15.7. The number of likely N-dealkylation sites (N-methyl/N-ethyl adjacent to an activating group) is 1. The lowest BCUT2D eigenvalue weighted by Crippen LogP contribution is -2.44. The first-order chi connectivity index (χ1) is 12.4. The van der Waals surface area contributed by atoms with Crippen LogP contribution >= 0.6 is 0 Å². The lowest BCUT2D eigenvalue weighted by molar-refractivity contribution is 0.313. The molecule has 1 aliphatic heterocycles. The summed E-state index contributed by atoms with van der Waals surface area (Å²) in [7, 11) is -1.15. The molecule has 0 bridgehead atoms. The highest BCUT2D eigenvalue weighted by Gasteiger charge is 2.14. The molecule has 1 fully saturated rings. The average molecular weight is 375 g/mol. The van der Waals surface area contributed by atoms with Crippen molar-refractivity contribution in [2.75, 3.05) is 53.9 Å². The van der Waals surface area contributed by atoms with Crippen LogP contribution in [-0.4, -0.2) is 57.3 Å². The monoisotopic (exact) mass is 375 g/mol. The van der Waals surface area contributed by atoms with E-state index in [2.05, 4.69) is 44.0 Å². The lowest BCUT2D eigenvalue weighted by Gasteiger charge is -2.34. The minimum atomic E-state index is -3.30. The van der Waals surface area contributed by atoms with Crippen LogP contribution < -0.4 is 14.9 Å². The molecule has 140 valence electrons. The summed E-state index contributed by atoms with van der Waals surface area (Å²) in [5.41, 5.74) is 2.99. The van der Waals surface area contributed by atoms with Gasteiger partial charge in [-0.3, -0.25) is 4.72 Å². The first-order valence-corrected chi connectivity index (χ1v) is 10.4. The van der Waals surface area contributed by atoms with Gasteiger partial charge in [0.25, 0.3) is 0 Å². The van der Waals surface area contributed by atoms with Gasteiger partial charge in [0.05, 0.1) is 17.6 Å². The van der Waals surface area contributed by atoms with E-state index in [9.17, 15) is 8.42 Å². The van der Waals surface area contributed by atoms with Crippen LogP contribution in [0.2, 0.25) is 0 Å². The fourth-order valence-electron chi connectivity index (χ4n) is 2.75. The van der Waals surface area contributed by atoms with Crippen LogP contribution in [0.25, 0.3) is 0 Å². The van der Waals surface area contributed by atoms with Crippen molar-refractivity contribution in [2.45, 2.75) is 6.92 Å². The van der Waals surface area contributed by atoms with Crippen molar-refractivity contribution >= 4 is 32.9 Å². The second-order valence-electron chi connectivity index (χ2n) is 6.40. The van der Waals surface area contributed by atoms with Gasteiger partial charge in [0.15, 0.2) is 0 Å². The van der Waals surface area contributed by atoms with Crippen LogP contribution in [0.4, 0.5) is 22.9 Å². The SMILES string of the molecule is CCS(=O)(=O)Nc1ccc(Nc2ccc(N3CCN(C)CC3)cc2)cn1. The predicted molar refractivity (Wildman–Crippen MR) is 107 cm³/mol. The Kier molecular flexibility index (Phi) is 5.63. The van der Waals surface area contributed by atoms with Crippen molar-refractivity contribution < 1.29 is 8.42 Å². The van der Waals surface area contributed by atoms with Gasteiger partial charge < -0.3 is 15.1 Å². The highest BCUT2D eigenvalue weighted by molar-refractivity contribution is 7.92. The largest absolute Gasteiger partial charge is 0.369 e. The van der Waals surface area contributed by atoms with Gasteiger partial charge in [0.2, 0.25) is 10.0 Å². The molecule has 1 aliphatic rings. The Morgan fingerprint density at radius 2 is 1.65 bits per heavy atom. The molecular formula is C18H25N5O2S. The van der Waals surface area contributed by atoms with Gasteiger partial charge in [-0.15, -0.1) is 0 Å². The number of rotatable bonds is 6. The molecule has 8 heteroatoms. The Morgan fingerprint density at radius 3 is 2.23 bits per heavy atom. The number of hydrogen-bond acceptors (Lipinski definition) is 6. The molecule has 1 aromatic heterocycles. The molecule has 0 amide bonds. The van der Waals surface area contributed by atoms with E-state index in [4.69, 9.17) is 0 Å². The van der Waals surface area contributed by atoms with E-state index in [0.29, 0.717) is 5.82 Å². The number of sulfonamides is 1. The summed E-state index contributed by atoms with van der Waals surface area (Å²) >= 11 is 0. The van der Waals surface area contributed by atoms with Gasteiger partial charge in [-0.05, 0) is 50.4 Å². The van der Waals surface area contributed by atoms with Crippen LogP contribution in [-0.2, 0) is 10.0 Å². The third kappa shape index (κ3) is 4.86. The molecule has 0 aliphatic carbocycles. The molecule has 2 aromatic rings. The van der Waals surface area contributed by atoms with E-state index in [-0.39, 0.29) is 5.75 Å². The van der Waals surface area contributed by atoms with Crippen LogP contribution in [0, 0.1) is 0 Å². The van der Waals surface area contributed by atoms with E-state index in [1.54, 1.807) is 25.3 Å². The Balaban J connectivity index is 1.60. The minimum absolute atomic E-state index is 0.0222. The summed E-state index contributed by atoms with van der Waals surface area (Å²) in [4.78, 5) is 8.87. The minimum Gasteiger partial charge on any atom is -0.369 e. The Morgan fingerprint density at radius 1 is 1.00 bits per heavy atom. The van der Waals surface area contributed by atoms with Crippen molar-refractivity contribution in [3.8, 4) is 0 Å². The second kappa shape index (κ2) is 7.92. The first-order valence-electron chi connectivity index (χ1n) is 8.72. The van der Waals surface area contributed by atoms with Crippen molar-refractivity contribution in [1.29, 1.82) is 0 Å².